The first-order chi connectivity index (χ1) is 8.19. The van der Waals surface area contributed by atoms with Gasteiger partial charge in [-0.05, 0) is 18.2 Å². The van der Waals surface area contributed by atoms with Gasteiger partial charge in [-0.15, -0.1) is 11.8 Å². The van der Waals surface area contributed by atoms with Gasteiger partial charge in [0, 0.05) is 17.0 Å². The van der Waals surface area contributed by atoms with Crippen molar-refractivity contribution in [3.05, 3.63) is 35.7 Å². The summed E-state index contributed by atoms with van der Waals surface area (Å²) in [5.74, 6) is 1.43. The van der Waals surface area contributed by atoms with Crippen LogP contribution in [0.3, 0.4) is 0 Å². The zero-order chi connectivity index (χ0) is 12.3. The molecule has 0 aliphatic carbocycles. The highest BCUT2D eigenvalue weighted by Gasteiger charge is 2.07. The van der Waals surface area contributed by atoms with Crippen LogP contribution in [-0.2, 0) is 12.2 Å². The fourth-order valence-electron chi connectivity index (χ4n) is 1.28. The van der Waals surface area contributed by atoms with Gasteiger partial charge in [-0.2, -0.15) is 4.98 Å². The van der Waals surface area contributed by atoms with E-state index in [0.717, 1.165) is 11.3 Å². The van der Waals surface area contributed by atoms with Crippen molar-refractivity contribution < 1.29 is 8.91 Å². The molecule has 0 fully saturated rings. The van der Waals surface area contributed by atoms with Gasteiger partial charge < -0.3 is 10.3 Å². The molecule has 0 saturated carbocycles. The fraction of sp³-hybridized carbons (Fsp3) is 0.273. The lowest BCUT2D eigenvalue weighted by molar-refractivity contribution is 0.385. The third kappa shape index (κ3) is 2.97. The van der Waals surface area contributed by atoms with Gasteiger partial charge in [-0.3, -0.25) is 0 Å². The molecule has 1 aromatic carbocycles. The van der Waals surface area contributed by atoms with Crippen LogP contribution in [0.1, 0.15) is 18.6 Å². The van der Waals surface area contributed by atoms with E-state index in [9.17, 15) is 4.39 Å². The maximum Gasteiger partial charge on any atom is 0.237 e. The topological polar surface area (TPSA) is 64.9 Å². The van der Waals surface area contributed by atoms with Crippen molar-refractivity contribution >= 4 is 17.4 Å². The summed E-state index contributed by atoms with van der Waals surface area (Å²) in [6.07, 6.45) is 0.743. The van der Waals surface area contributed by atoms with Crippen LogP contribution < -0.4 is 5.73 Å². The molecule has 0 unspecified atom stereocenters. The summed E-state index contributed by atoms with van der Waals surface area (Å²) in [6.45, 7) is 1.96. The first kappa shape index (κ1) is 11.9. The lowest BCUT2D eigenvalue weighted by Gasteiger charge is -2.02. The molecule has 2 rings (SSSR count). The second-order valence-electron chi connectivity index (χ2n) is 3.43. The molecule has 0 amide bonds. The van der Waals surface area contributed by atoms with Gasteiger partial charge in [0.15, 0.2) is 5.82 Å². The SMILES string of the molecule is CCc1noc(CSc2ccc(F)cc2N)n1. The number of aryl methyl sites for hydroxylation is 1. The van der Waals surface area contributed by atoms with Crippen molar-refractivity contribution in [2.24, 2.45) is 0 Å². The average molecular weight is 253 g/mol. The summed E-state index contributed by atoms with van der Waals surface area (Å²) in [5.41, 5.74) is 6.11. The molecule has 1 heterocycles. The van der Waals surface area contributed by atoms with Gasteiger partial charge in [0.25, 0.3) is 0 Å². The Morgan fingerprint density at radius 1 is 1.47 bits per heavy atom. The molecule has 2 N–H and O–H groups in total. The van der Waals surface area contributed by atoms with Crippen LogP contribution in [0, 0.1) is 5.82 Å². The van der Waals surface area contributed by atoms with Gasteiger partial charge in [0.05, 0.1) is 5.75 Å². The van der Waals surface area contributed by atoms with Gasteiger partial charge in [0.2, 0.25) is 5.89 Å². The van der Waals surface area contributed by atoms with Crippen molar-refractivity contribution in [1.82, 2.24) is 10.1 Å². The summed E-state index contributed by atoms with van der Waals surface area (Å²) >= 11 is 1.44. The average Bonchev–Trinajstić information content (AvgIpc) is 2.76. The number of hydrogen-bond acceptors (Lipinski definition) is 5. The van der Waals surface area contributed by atoms with Crippen LogP contribution in [0.25, 0.3) is 0 Å². The van der Waals surface area contributed by atoms with Crippen LogP contribution in [-0.4, -0.2) is 10.1 Å². The predicted octanol–water partition coefficient (Wildman–Crippen LogP) is 2.65. The Hall–Kier alpha value is -1.56. The molecule has 0 aliphatic rings. The second-order valence-corrected chi connectivity index (χ2v) is 4.45. The number of thioether (sulfide) groups is 1. The Labute approximate surface area is 102 Å². The minimum Gasteiger partial charge on any atom is -0.398 e. The zero-order valence-corrected chi connectivity index (χ0v) is 10.1. The molecule has 0 bridgehead atoms. The maximum atomic E-state index is 12.8. The first-order valence-electron chi connectivity index (χ1n) is 5.18. The van der Waals surface area contributed by atoms with Crippen molar-refractivity contribution in [3.63, 3.8) is 0 Å². The van der Waals surface area contributed by atoms with Crippen LogP contribution in [0.5, 0.6) is 0 Å². The Bertz CT molecular complexity index is 515. The number of hydrogen-bond donors (Lipinski definition) is 1. The van der Waals surface area contributed by atoms with Gasteiger partial charge in [-0.1, -0.05) is 12.1 Å². The summed E-state index contributed by atoms with van der Waals surface area (Å²) in [5, 5.41) is 3.79. The lowest BCUT2D eigenvalue weighted by atomic mass is 10.3. The van der Waals surface area contributed by atoms with Crippen LogP contribution in [0.15, 0.2) is 27.6 Å². The highest BCUT2D eigenvalue weighted by Crippen LogP contribution is 2.28. The number of benzene rings is 1. The minimum atomic E-state index is -0.335. The molecule has 6 heteroatoms. The van der Waals surface area contributed by atoms with Gasteiger partial charge in [-0.25, -0.2) is 4.39 Å². The van der Waals surface area contributed by atoms with Crippen LogP contribution in [0.4, 0.5) is 10.1 Å². The number of anilines is 1. The second kappa shape index (κ2) is 5.18. The molecular formula is C11H12FN3OS. The Morgan fingerprint density at radius 3 is 2.94 bits per heavy atom. The quantitative estimate of drug-likeness (QED) is 0.670. The molecule has 1 aromatic heterocycles. The molecule has 2 aromatic rings. The van der Waals surface area contributed by atoms with E-state index in [1.165, 1.54) is 23.9 Å². The van der Waals surface area contributed by atoms with Gasteiger partial charge >= 0.3 is 0 Å². The molecule has 0 aliphatic heterocycles. The number of nitrogen functional groups attached to an aromatic ring is 1. The number of rotatable bonds is 4. The van der Waals surface area contributed by atoms with Crippen molar-refractivity contribution in [2.45, 2.75) is 24.0 Å². The van der Waals surface area contributed by atoms with Crippen molar-refractivity contribution in [2.75, 3.05) is 5.73 Å². The number of aromatic nitrogens is 2. The largest absolute Gasteiger partial charge is 0.398 e. The molecule has 0 radical (unpaired) electrons. The third-order valence-corrected chi connectivity index (χ3v) is 3.22. The number of nitrogens with zero attached hydrogens (tertiary/aromatic N) is 2. The summed E-state index contributed by atoms with van der Waals surface area (Å²) < 4.78 is 17.9. The summed E-state index contributed by atoms with van der Waals surface area (Å²) in [7, 11) is 0. The highest BCUT2D eigenvalue weighted by molar-refractivity contribution is 7.98. The zero-order valence-electron chi connectivity index (χ0n) is 9.31. The molecule has 4 nitrogen and oxygen atoms in total. The van der Waals surface area contributed by atoms with Crippen molar-refractivity contribution in [3.8, 4) is 0 Å². The van der Waals surface area contributed by atoms with Crippen LogP contribution >= 0.6 is 11.8 Å². The maximum absolute atomic E-state index is 12.8. The van der Waals surface area contributed by atoms with E-state index in [2.05, 4.69) is 10.1 Å². The molecule has 0 saturated heterocycles. The molecule has 17 heavy (non-hydrogen) atoms. The third-order valence-electron chi connectivity index (χ3n) is 2.15. The van der Waals surface area contributed by atoms with Crippen LogP contribution in [0.2, 0.25) is 0 Å². The fourth-order valence-corrected chi connectivity index (χ4v) is 2.07. The summed E-state index contributed by atoms with van der Waals surface area (Å²) in [4.78, 5) is 4.99. The Kier molecular flexibility index (Phi) is 3.63. The van der Waals surface area contributed by atoms with E-state index in [1.807, 2.05) is 6.92 Å². The highest BCUT2D eigenvalue weighted by atomic mass is 32.2. The van der Waals surface area contributed by atoms with E-state index in [1.54, 1.807) is 6.07 Å². The molecular weight excluding hydrogens is 241 g/mol. The minimum absolute atomic E-state index is 0.335. The number of nitrogens with two attached hydrogens (primary N) is 1. The molecule has 0 atom stereocenters. The van der Waals surface area contributed by atoms with Gasteiger partial charge in [0.1, 0.15) is 5.82 Å². The number of halogens is 1. The van der Waals surface area contributed by atoms with Crippen molar-refractivity contribution in [1.29, 1.82) is 0 Å². The predicted molar refractivity (Wildman–Crippen MR) is 64.0 cm³/mol. The lowest BCUT2D eigenvalue weighted by Crippen LogP contribution is -1.90. The monoisotopic (exact) mass is 253 g/mol. The smallest absolute Gasteiger partial charge is 0.237 e. The molecule has 90 valence electrons. The Morgan fingerprint density at radius 2 is 2.29 bits per heavy atom. The molecule has 0 spiro atoms. The van der Waals surface area contributed by atoms with E-state index in [-0.39, 0.29) is 5.82 Å². The van der Waals surface area contributed by atoms with E-state index in [4.69, 9.17) is 10.3 Å². The summed E-state index contributed by atoms with van der Waals surface area (Å²) in [6, 6.07) is 4.32. The Balaban J connectivity index is 2.02. The van der Waals surface area contributed by atoms with E-state index in [0.29, 0.717) is 23.2 Å². The normalized spacial score (nSPS) is 10.7. The first-order valence-corrected chi connectivity index (χ1v) is 6.17. The van der Waals surface area contributed by atoms with E-state index < -0.39 is 0 Å². The van der Waals surface area contributed by atoms with E-state index >= 15 is 0 Å². The standard InChI is InChI=1S/C11H12FN3OS/c1-2-10-14-11(16-15-10)6-17-9-4-3-7(12)5-8(9)13/h3-5H,2,6,13H2,1H3.